The van der Waals surface area contributed by atoms with E-state index in [1.165, 1.54) is 11.1 Å². The van der Waals surface area contributed by atoms with Gasteiger partial charge >= 0.3 is 5.97 Å². The van der Waals surface area contributed by atoms with Gasteiger partial charge in [0.25, 0.3) is 5.91 Å². The third-order valence-corrected chi connectivity index (χ3v) is 2.77. The average Bonchev–Trinajstić information content (AvgIpc) is 2.36. The number of para-hydroxylation sites is 1. The Kier molecular flexibility index (Phi) is 3.33. The van der Waals surface area contributed by atoms with Crippen LogP contribution < -0.4 is 10.6 Å². The largest absolute Gasteiger partial charge is 0.480 e. The highest BCUT2D eigenvalue weighted by Gasteiger charge is 2.17. The lowest BCUT2D eigenvalue weighted by atomic mass is 10.1. The van der Waals surface area contributed by atoms with Gasteiger partial charge in [-0.25, -0.2) is 0 Å². The van der Waals surface area contributed by atoms with Crippen molar-refractivity contribution in [3.63, 3.8) is 0 Å². The third kappa shape index (κ3) is 2.47. The van der Waals surface area contributed by atoms with Crippen molar-refractivity contribution in [2.24, 2.45) is 5.73 Å². The highest BCUT2D eigenvalue weighted by atomic mass is 16.4. The predicted octanol–water partition coefficient (Wildman–Crippen LogP) is 0.854. The molecule has 6 heteroatoms. The highest BCUT2D eigenvalue weighted by molar-refractivity contribution is 6.07. The summed E-state index contributed by atoms with van der Waals surface area (Å²) in [4.78, 5) is 27.9. The highest BCUT2D eigenvalue weighted by Crippen LogP contribution is 2.28. The van der Waals surface area contributed by atoms with E-state index in [1.807, 2.05) is 6.07 Å². The smallest absolute Gasteiger partial charge is 0.323 e. The van der Waals surface area contributed by atoms with E-state index in [2.05, 4.69) is 4.98 Å². The molecule has 3 N–H and O–H groups in total. The Balaban J connectivity index is 2.68. The first-order valence-corrected chi connectivity index (χ1v) is 5.61. The van der Waals surface area contributed by atoms with Crippen molar-refractivity contribution in [3.8, 4) is 0 Å². The van der Waals surface area contributed by atoms with Crippen LogP contribution in [0.3, 0.4) is 0 Å². The lowest BCUT2D eigenvalue weighted by Gasteiger charge is -2.21. The van der Waals surface area contributed by atoms with Crippen LogP contribution in [0.5, 0.6) is 0 Å². The van der Waals surface area contributed by atoms with Gasteiger partial charge in [-0.15, -0.1) is 0 Å². The van der Waals surface area contributed by atoms with Gasteiger partial charge in [-0.05, 0) is 6.07 Å². The first-order valence-electron chi connectivity index (χ1n) is 5.61. The molecule has 0 unspecified atom stereocenters. The molecule has 2 aromatic rings. The summed E-state index contributed by atoms with van der Waals surface area (Å²) in [6.45, 7) is -0.228. The first-order chi connectivity index (χ1) is 9.00. The minimum absolute atomic E-state index is 0.211. The summed E-state index contributed by atoms with van der Waals surface area (Å²) in [5, 5.41) is 9.57. The van der Waals surface area contributed by atoms with Crippen LogP contribution in [0, 0.1) is 0 Å². The molecule has 0 radical (unpaired) electrons. The number of fused-ring (bicyclic) bond motifs is 1. The molecule has 2 rings (SSSR count). The SMILES string of the molecule is CN(CC(=O)O)c1c(C(N)=O)cnc2ccccc12. The van der Waals surface area contributed by atoms with Crippen LogP contribution in [0.2, 0.25) is 0 Å². The van der Waals surface area contributed by atoms with Crippen molar-refractivity contribution in [2.45, 2.75) is 0 Å². The second-order valence-electron chi connectivity index (χ2n) is 4.15. The minimum atomic E-state index is -0.987. The molecule has 0 bridgehead atoms. The van der Waals surface area contributed by atoms with Crippen LogP contribution >= 0.6 is 0 Å². The zero-order chi connectivity index (χ0) is 14.0. The van der Waals surface area contributed by atoms with Crippen molar-refractivity contribution in [1.82, 2.24) is 4.98 Å². The van der Waals surface area contributed by atoms with Crippen LogP contribution in [0.1, 0.15) is 10.4 Å². The number of primary amides is 1. The van der Waals surface area contributed by atoms with Gasteiger partial charge in [0.1, 0.15) is 6.54 Å². The van der Waals surface area contributed by atoms with Gasteiger partial charge in [0.2, 0.25) is 0 Å². The second-order valence-corrected chi connectivity index (χ2v) is 4.15. The van der Waals surface area contributed by atoms with E-state index in [0.29, 0.717) is 16.6 Å². The number of anilines is 1. The summed E-state index contributed by atoms with van der Waals surface area (Å²) in [5.41, 5.74) is 6.70. The molecule has 0 fully saturated rings. The van der Waals surface area contributed by atoms with Crippen molar-refractivity contribution < 1.29 is 14.7 Å². The van der Waals surface area contributed by atoms with Gasteiger partial charge in [0.15, 0.2) is 0 Å². The fourth-order valence-corrected chi connectivity index (χ4v) is 2.00. The number of pyridine rings is 1. The molecule has 98 valence electrons. The van der Waals surface area contributed by atoms with E-state index in [4.69, 9.17) is 10.8 Å². The maximum Gasteiger partial charge on any atom is 0.323 e. The zero-order valence-electron chi connectivity index (χ0n) is 10.3. The molecule has 0 saturated heterocycles. The molecule has 1 amide bonds. The Bertz CT molecular complexity index is 655. The number of carboxylic acid groups (broad SMARTS) is 1. The standard InChI is InChI=1S/C13H13N3O3/c1-16(7-11(17)18)12-8-4-2-3-5-10(8)15-6-9(12)13(14)19/h2-6H,7H2,1H3,(H2,14,19)(H,17,18). The van der Waals surface area contributed by atoms with Gasteiger partial charge in [-0.3, -0.25) is 14.6 Å². The molecule has 0 aliphatic rings. The average molecular weight is 259 g/mol. The normalized spacial score (nSPS) is 10.4. The number of nitrogens with zero attached hydrogens (tertiary/aromatic N) is 2. The van der Waals surface area contributed by atoms with Crippen LogP contribution in [0.15, 0.2) is 30.5 Å². The maximum absolute atomic E-state index is 11.5. The molecule has 1 aromatic carbocycles. The van der Waals surface area contributed by atoms with Gasteiger partial charge in [0, 0.05) is 18.6 Å². The van der Waals surface area contributed by atoms with Crippen LogP contribution in [0.25, 0.3) is 10.9 Å². The van der Waals surface area contributed by atoms with E-state index in [0.717, 1.165) is 0 Å². The maximum atomic E-state index is 11.5. The Labute approximate surface area is 109 Å². The van der Waals surface area contributed by atoms with Crippen molar-refractivity contribution in [1.29, 1.82) is 0 Å². The Hall–Kier alpha value is -2.63. The number of carboxylic acids is 1. The number of hydrogen-bond acceptors (Lipinski definition) is 4. The molecule has 19 heavy (non-hydrogen) atoms. The number of carbonyl (C=O) groups is 2. The Morgan fingerprint density at radius 2 is 2.05 bits per heavy atom. The summed E-state index contributed by atoms with van der Waals surface area (Å²) >= 11 is 0. The summed E-state index contributed by atoms with van der Waals surface area (Å²) < 4.78 is 0. The van der Waals surface area contributed by atoms with Crippen molar-refractivity contribution >= 4 is 28.5 Å². The number of amides is 1. The lowest BCUT2D eigenvalue weighted by Crippen LogP contribution is -2.28. The van der Waals surface area contributed by atoms with Gasteiger partial charge < -0.3 is 15.7 Å². The fraction of sp³-hybridized carbons (Fsp3) is 0.154. The fourth-order valence-electron chi connectivity index (χ4n) is 2.00. The summed E-state index contributed by atoms with van der Waals surface area (Å²) in [7, 11) is 1.60. The van der Waals surface area contributed by atoms with E-state index in [-0.39, 0.29) is 12.1 Å². The number of aromatic nitrogens is 1. The molecular formula is C13H13N3O3. The van der Waals surface area contributed by atoms with E-state index >= 15 is 0 Å². The van der Waals surface area contributed by atoms with Crippen LogP contribution in [0.4, 0.5) is 5.69 Å². The van der Waals surface area contributed by atoms with E-state index in [1.54, 1.807) is 25.2 Å². The molecule has 1 aromatic heterocycles. The Morgan fingerprint density at radius 1 is 1.37 bits per heavy atom. The molecule has 0 spiro atoms. The number of hydrogen-bond donors (Lipinski definition) is 2. The third-order valence-electron chi connectivity index (χ3n) is 2.77. The van der Waals surface area contributed by atoms with Gasteiger partial charge in [0.05, 0.1) is 16.8 Å². The summed E-state index contributed by atoms with van der Waals surface area (Å²) in [5.74, 6) is -1.62. The molecule has 0 saturated carbocycles. The number of likely N-dealkylation sites (N-methyl/N-ethyl adjacent to an activating group) is 1. The first kappa shape index (κ1) is 12.8. The second kappa shape index (κ2) is 4.93. The van der Waals surface area contributed by atoms with Gasteiger partial charge in [-0.2, -0.15) is 0 Å². The Morgan fingerprint density at radius 3 is 2.68 bits per heavy atom. The molecule has 6 nitrogen and oxygen atoms in total. The van der Waals surface area contributed by atoms with E-state index < -0.39 is 11.9 Å². The number of rotatable bonds is 4. The minimum Gasteiger partial charge on any atom is -0.480 e. The number of aliphatic carboxylic acids is 1. The van der Waals surface area contributed by atoms with Gasteiger partial charge in [-0.1, -0.05) is 18.2 Å². The summed E-state index contributed by atoms with van der Waals surface area (Å²) in [6, 6.07) is 7.19. The molecule has 0 aliphatic carbocycles. The molecule has 0 atom stereocenters. The predicted molar refractivity (Wildman–Crippen MR) is 71.2 cm³/mol. The number of carbonyl (C=O) groups excluding carboxylic acids is 1. The van der Waals surface area contributed by atoms with Crippen LogP contribution in [-0.4, -0.2) is 35.6 Å². The topological polar surface area (TPSA) is 96.5 Å². The van der Waals surface area contributed by atoms with Crippen LogP contribution in [-0.2, 0) is 4.79 Å². The summed E-state index contributed by atoms with van der Waals surface area (Å²) in [6.07, 6.45) is 1.37. The number of benzene rings is 1. The van der Waals surface area contributed by atoms with Crippen molar-refractivity contribution in [3.05, 3.63) is 36.0 Å². The molecular weight excluding hydrogens is 246 g/mol. The molecule has 1 heterocycles. The quantitative estimate of drug-likeness (QED) is 0.848. The molecule has 0 aliphatic heterocycles. The van der Waals surface area contributed by atoms with Crippen molar-refractivity contribution in [2.75, 3.05) is 18.5 Å². The zero-order valence-corrected chi connectivity index (χ0v) is 10.3. The monoisotopic (exact) mass is 259 g/mol. The number of nitrogens with two attached hydrogens (primary N) is 1. The van der Waals surface area contributed by atoms with E-state index in [9.17, 15) is 9.59 Å². The lowest BCUT2D eigenvalue weighted by molar-refractivity contribution is -0.135.